The average Bonchev–Trinajstić information content (AvgIpc) is 2.46. The fraction of sp³-hybridized carbons (Fsp3) is 0.778. The molecule has 0 fully saturated rings. The Labute approximate surface area is 79.4 Å². The summed E-state index contributed by atoms with van der Waals surface area (Å²) in [4.78, 5) is 0. The van der Waals surface area contributed by atoms with Gasteiger partial charge >= 0.3 is 0 Å². The summed E-state index contributed by atoms with van der Waals surface area (Å²) in [6, 6.07) is 0. The van der Waals surface area contributed by atoms with Crippen LogP contribution in [0.25, 0.3) is 0 Å². The molecule has 1 rings (SSSR count). The van der Waals surface area contributed by atoms with Crippen LogP contribution in [0.2, 0.25) is 0 Å². The first-order valence-corrected chi connectivity index (χ1v) is 4.82. The van der Waals surface area contributed by atoms with Crippen molar-refractivity contribution in [2.75, 3.05) is 13.6 Å². The molecule has 0 amide bonds. The van der Waals surface area contributed by atoms with Gasteiger partial charge in [0.15, 0.2) is 0 Å². The molecule has 1 aromatic heterocycles. The number of rotatable bonds is 5. The molecule has 0 radical (unpaired) electrons. The zero-order chi connectivity index (χ0) is 9.68. The lowest BCUT2D eigenvalue weighted by atomic mass is 10.3. The van der Waals surface area contributed by atoms with Gasteiger partial charge in [-0.05, 0) is 20.4 Å². The Kier molecular flexibility index (Phi) is 3.89. The summed E-state index contributed by atoms with van der Waals surface area (Å²) in [5, 5.41) is 11.3. The van der Waals surface area contributed by atoms with Crippen LogP contribution in [0.15, 0.2) is 0 Å². The third-order valence-electron chi connectivity index (χ3n) is 2.06. The third-order valence-corrected chi connectivity index (χ3v) is 2.06. The van der Waals surface area contributed by atoms with Crippen molar-refractivity contribution < 1.29 is 0 Å². The van der Waals surface area contributed by atoms with E-state index in [1.54, 1.807) is 0 Å². The van der Waals surface area contributed by atoms with Crippen LogP contribution in [-0.2, 0) is 13.0 Å². The molecule has 0 bridgehead atoms. The van der Waals surface area contributed by atoms with Crippen molar-refractivity contribution in [2.45, 2.75) is 33.2 Å². The molecule has 1 aromatic rings. The normalized spacial score (nSPS) is 10.7. The number of aryl methyl sites for hydroxylation is 1. The number of hydrogen-bond donors (Lipinski definition) is 1. The molecule has 4 nitrogen and oxygen atoms in total. The van der Waals surface area contributed by atoms with Crippen molar-refractivity contribution in [3.63, 3.8) is 0 Å². The molecule has 13 heavy (non-hydrogen) atoms. The lowest BCUT2D eigenvalue weighted by Gasteiger charge is -2.05. The number of aromatic nitrogens is 3. The van der Waals surface area contributed by atoms with Gasteiger partial charge in [0.2, 0.25) is 0 Å². The molecule has 0 saturated heterocycles. The molecule has 0 spiro atoms. The standard InChI is InChI=1S/C9H18N4/c1-4-7-13-8(2)11-12-9(13)5-6-10-3/h10H,4-7H2,1-3H3. The van der Waals surface area contributed by atoms with Crippen LogP contribution < -0.4 is 5.32 Å². The summed E-state index contributed by atoms with van der Waals surface area (Å²) in [5.41, 5.74) is 0. The van der Waals surface area contributed by atoms with Gasteiger partial charge in [-0.2, -0.15) is 0 Å². The fourth-order valence-corrected chi connectivity index (χ4v) is 1.36. The fourth-order valence-electron chi connectivity index (χ4n) is 1.36. The van der Waals surface area contributed by atoms with E-state index in [0.717, 1.165) is 37.6 Å². The lowest BCUT2D eigenvalue weighted by molar-refractivity contribution is 0.611. The van der Waals surface area contributed by atoms with Gasteiger partial charge in [0.1, 0.15) is 11.6 Å². The molecule has 0 aliphatic rings. The number of nitrogens with zero attached hydrogens (tertiary/aromatic N) is 3. The van der Waals surface area contributed by atoms with Gasteiger partial charge < -0.3 is 9.88 Å². The van der Waals surface area contributed by atoms with E-state index in [2.05, 4.69) is 27.0 Å². The maximum absolute atomic E-state index is 4.14. The summed E-state index contributed by atoms with van der Waals surface area (Å²) in [6.45, 7) is 6.16. The molecule has 1 N–H and O–H groups in total. The second kappa shape index (κ2) is 4.97. The Morgan fingerprint density at radius 3 is 2.77 bits per heavy atom. The molecule has 0 aliphatic heterocycles. The quantitative estimate of drug-likeness (QED) is 0.731. The van der Waals surface area contributed by atoms with Crippen molar-refractivity contribution >= 4 is 0 Å². The minimum atomic E-state index is 0.956. The van der Waals surface area contributed by atoms with Crippen LogP contribution >= 0.6 is 0 Å². The summed E-state index contributed by atoms with van der Waals surface area (Å²) in [6.07, 6.45) is 2.09. The Morgan fingerprint density at radius 2 is 2.15 bits per heavy atom. The van der Waals surface area contributed by atoms with E-state index in [9.17, 15) is 0 Å². The monoisotopic (exact) mass is 182 g/mol. The molecule has 74 valence electrons. The van der Waals surface area contributed by atoms with Crippen molar-refractivity contribution in [1.82, 2.24) is 20.1 Å². The second-order valence-electron chi connectivity index (χ2n) is 3.17. The van der Waals surface area contributed by atoms with E-state index in [0.29, 0.717) is 0 Å². The molecule has 0 saturated carbocycles. The smallest absolute Gasteiger partial charge is 0.134 e. The Balaban J connectivity index is 2.68. The predicted molar refractivity (Wildman–Crippen MR) is 52.7 cm³/mol. The van der Waals surface area contributed by atoms with Crippen LogP contribution in [0.4, 0.5) is 0 Å². The maximum atomic E-state index is 4.14. The zero-order valence-corrected chi connectivity index (χ0v) is 8.67. The van der Waals surface area contributed by atoms with E-state index < -0.39 is 0 Å². The van der Waals surface area contributed by atoms with Gasteiger partial charge in [-0.1, -0.05) is 6.92 Å². The number of nitrogens with one attached hydrogen (secondary N) is 1. The Morgan fingerprint density at radius 1 is 1.38 bits per heavy atom. The molecule has 0 unspecified atom stereocenters. The second-order valence-corrected chi connectivity index (χ2v) is 3.17. The summed E-state index contributed by atoms with van der Waals surface area (Å²) >= 11 is 0. The van der Waals surface area contributed by atoms with Gasteiger partial charge in [-0.15, -0.1) is 10.2 Å². The van der Waals surface area contributed by atoms with E-state index in [4.69, 9.17) is 0 Å². The van der Waals surface area contributed by atoms with E-state index in [-0.39, 0.29) is 0 Å². The number of likely N-dealkylation sites (N-methyl/N-ethyl adjacent to an activating group) is 1. The molecule has 1 heterocycles. The van der Waals surface area contributed by atoms with Crippen molar-refractivity contribution in [1.29, 1.82) is 0 Å². The lowest BCUT2D eigenvalue weighted by Crippen LogP contribution is -2.14. The summed E-state index contributed by atoms with van der Waals surface area (Å²) in [5.74, 6) is 2.11. The van der Waals surface area contributed by atoms with Crippen molar-refractivity contribution in [3.8, 4) is 0 Å². The van der Waals surface area contributed by atoms with Crippen LogP contribution in [0, 0.1) is 6.92 Å². The van der Waals surface area contributed by atoms with E-state index >= 15 is 0 Å². The molecule has 0 aromatic carbocycles. The molecule has 0 atom stereocenters. The van der Waals surface area contributed by atoms with Gasteiger partial charge in [-0.3, -0.25) is 0 Å². The Hall–Kier alpha value is -0.900. The van der Waals surface area contributed by atoms with Gasteiger partial charge in [0.25, 0.3) is 0 Å². The van der Waals surface area contributed by atoms with Gasteiger partial charge in [0, 0.05) is 19.5 Å². The Bertz CT molecular complexity index is 254. The first kappa shape index (κ1) is 10.2. The first-order chi connectivity index (χ1) is 6.29. The average molecular weight is 182 g/mol. The third kappa shape index (κ3) is 2.52. The highest BCUT2D eigenvalue weighted by Gasteiger charge is 2.06. The van der Waals surface area contributed by atoms with Crippen LogP contribution in [-0.4, -0.2) is 28.4 Å². The largest absolute Gasteiger partial charge is 0.319 e. The molecular weight excluding hydrogens is 164 g/mol. The van der Waals surface area contributed by atoms with E-state index in [1.807, 2.05) is 14.0 Å². The minimum Gasteiger partial charge on any atom is -0.319 e. The number of hydrogen-bond acceptors (Lipinski definition) is 3. The molecule has 4 heteroatoms. The zero-order valence-electron chi connectivity index (χ0n) is 8.67. The minimum absolute atomic E-state index is 0.956. The van der Waals surface area contributed by atoms with Crippen LogP contribution in [0.3, 0.4) is 0 Å². The summed E-state index contributed by atoms with van der Waals surface area (Å²) < 4.78 is 2.19. The molecular formula is C9H18N4. The van der Waals surface area contributed by atoms with Gasteiger partial charge in [0.05, 0.1) is 0 Å². The van der Waals surface area contributed by atoms with E-state index in [1.165, 1.54) is 0 Å². The highest BCUT2D eigenvalue weighted by molar-refractivity contribution is 4.94. The first-order valence-electron chi connectivity index (χ1n) is 4.82. The topological polar surface area (TPSA) is 42.7 Å². The van der Waals surface area contributed by atoms with Crippen molar-refractivity contribution in [3.05, 3.63) is 11.6 Å². The van der Waals surface area contributed by atoms with Crippen LogP contribution in [0.1, 0.15) is 25.0 Å². The van der Waals surface area contributed by atoms with Gasteiger partial charge in [-0.25, -0.2) is 0 Å². The van der Waals surface area contributed by atoms with Crippen LogP contribution in [0.5, 0.6) is 0 Å². The maximum Gasteiger partial charge on any atom is 0.134 e. The highest BCUT2D eigenvalue weighted by atomic mass is 15.3. The predicted octanol–water partition coefficient (Wildman–Crippen LogP) is 0.758. The molecule has 0 aliphatic carbocycles. The summed E-state index contributed by atoms with van der Waals surface area (Å²) in [7, 11) is 1.95. The van der Waals surface area contributed by atoms with Crippen molar-refractivity contribution in [2.24, 2.45) is 0 Å². The SMILES string of the molecule is CCCn1c(C)nnc1CCNC. The highest BCUT2D eigenvalue weighted by Crippen LogP contribution is 2.02.